The summed E-state index contributed by atoms with van der Waals surface area (Å²) in [6.45, 7) is 1.76. The minimum atomic E-state index is -0.668. The molecule has 17 heavy (non-hydrogen) atoms. The molecule has 0 radical (unpaired) electrons. The number of carbonyl (C=O) groups excluding carboxylic acids is 1. The van der Waals surface area contributed by atoms with Crippen LogP contribution in [0.1, 0.15) is 13.3 Å². The summed E-state index contributed by atoms with van der Waals surface area (Å²) in [5.41, 5.74) is 5.50. The molecule has 0 aliphatic carbocycles. The molecule has 1 aromatic rings. The van der Waals surface area contributed by atoms with Crippen LogP contribution in [0.3, 0.4) is 0 Å². The molecular formula is C10H12BrN3O3. The summed E-state index contributed by atoms with van der Waals surface area (Å²) in [5.74, 6) is -0.432. The summed E-state index contributed by atoms with van der Waals surface area (Å²) in [5, 5.41) is 13.2. The lowest BCUT2D eigenvalue weighted by atomic mass is 10.2. The van der Waals surface area contributed by atoms with E-state index >= 15 is 0 Å². The van der Waals surface area contributed by atoms with E-state index in [1.807, 2.05) is 0 Å². The van der Waals surface area contributed by atoms with E-state index in [0.717, 1.165) is 0 Å². The molecule has 0 aromatic heterocycles. The van der Waals surface area contributed by atoms with Gasteiger partial charge in [-0.1, -0.05) is 22.9 Å². The van der Waals surface area contributed by atoms with Crippen molar-refractivity contribution in [1.82, 2.24) is 0 Å². The fourth-order valence-electron chi connectivity index (χ4n) is 1.17. The first-order valence-corrected chi connectivity index (χ1v) is 5.75. The first-order chi connectivity index (χ1) is 7.95. The van der Waals surface area contributed by atoms with Crippen LogP contribution in [-0.4, -0.2) is 16.9 Å². The molecule has 0 spiro atoms. The molecular weight excluding hydrogens is 290 g/mol. The van der Waals surface area contributed by atoms with E-state index in [1.54, 1.807) is 13.0 Å². The Hall–Kier alpha value is -1.47. The number of benzene rings is 1. The number of anilines is 1. The lowest BCUT2D eigenvalue weighted by Crippen LogP contribution is -2.34. The minimum Gasteiger partial charge on any atom is -0.320 e. The van der Waals surface area contributed by atoms with Crippen LogP contribution in [0.25, 0.3) is 0 Å². The number of amides is 1. The van der Waals surface area contributed by atoms with Crippen molar-refractivity contribution < 1.29 is 9.72 Å². The van der Waals surface area contributed by atoms with Crippen LogP contribution in [0.2, 0.25) is 0 Å². The van der Waals surface area contributed by atoms with Crippen molar-refractivity contribution in [3.63, 3.8) is 0 Å². The lowest BCUT2D eigenvalue weighted by Gasteiger charge is -2.10. The molecule has 0 aliphatic heterocycles. The van der Waals surface area contributed by atoms with E-state index in [1.165, 1.54) is 12.1 Å². The smallest absolute Gasteiger partial charge is 0.293 e. The number of nitrogens with two attached hydrogens (primary N) is 1. The molecule has 0 saturated heterocycles. The number of carbonyl (C=O) groups is 1. The summed E-state index contributed by atoms with van der Waals surface area (Å²) in [4.78, 5) is 21.8. The van der Waals surface area contributed by atoms with E-state index in [4.69, 9.17) is 5.73 Å². The standard InChI is InChI=1S/C10H12BrN3O3/c1-2-7(12)10(15)13-8-4-3-6(11)5-9(8)14(16)17/h3-5,7H,2,12H2,1H3,(H,13,15). The Labute approximate surface area is 106 Å². The van der Waals surface area contributed by atoms with Gasteiger partial charge in [-0.2, -0.15) is 0 Å². The van der Waals surface area contributed by atoms with Crippen molar-refractivity contribution in [2.24, 2.45) is 5.73 Å². The zero-order valence-corrected chi connectivity index (χ0v) is 10.7. The first kappa shape index (κ1) is 13.6. The van der Waals surface area contributed by atoms with Crippen LogP contribution in [0.4, 0.5) is 11.4 Å². The molecule has 0 fully saturated rings. The third-order valence-corrected chi connectivity index (χ3v) is 2.68. The molecule has 1 unspecified atom stereocenters. The number of nitrogens with one attached hydrogen (secondary N) is 1. The normalized spacial score (nSPS) is 11.9. The van der Waals surface area contributed by atoms with Gasteiger partial charge in [0.05, 0.1) is 11.0 Å². The van der Waals surface area contributed by atoms with Crippen molar-refractivity contribution in [3.05, 3.63) is 32.8 Å². The lowest BCUT2D eigenvalue weighted by molar-refractivity contribution is -0.384. The molecule has 0 bridgehead atoms. The van der Waals surface area contributed by atoms with Crippen molar-refractivity contribution >= 4 is 33.2 Å². The molecule has 3 N–H and O–H groups in total. The van der Waals surface area contributed by atoms with E-state index < -0.39 is 16.9 Å². The fraction of sp³-hybridized carbons (Fsp3) is 0.300. The molecule has 0 heterocycles. The van der Waals surface area contributed by atoms with Gasteiger partial charge in [-0.15, -0.1) is 0 Å². The van der Waals surface area contributed by atoms with Gasteiger partial charge in [-0.3, -0.25) is 14.9 Å². The molecule has 6 nitrogen and oxygen atoms in total. The van der Waals surface area contributed by atoms with Crippen LogP contribution in [0.15, 0.2) is 22.7 Å². The van der Waals surface area contributed by atoms with Crippen LogP contribution >= 0.6 is 15.9 Å². The van der Waals surface area contributed by atoms with E-state index in [-0.39, 0.29) is 11.4 Å². The molecule has 0 saturated carbocycles. The van der Waals surface area contributed by atoms with Gasteiger partial charge < -0.3 is 11.1 Å². The van der Waals surface area contributed by atoms with Gasteiger partial charge in [-0.25, -0.2) is 0 Å². The van der Waals surface area contributed by atoms with Gasteiger partial charge in [0.15, 0.2) is 0 Å². The highest BCUT2D eigenvalue weighted by Gasteiger charge is 2.18. The highest BCUT2D eigenvalue weighted by Crippen LogP contribution is 2.27. The molecule has 1 aromatic carbocycles. The molecule has 1 amide bonds. The maximum Gasteiger partial charge on any atom is 0.293 e. The summed E-state index contributed by atoms with van der Waals surface area (Å²) in [7, 11) is 0. The van der Waals surface area contributed by atoms with E-state index in [9.17, 15) is 14.9 Å². The summed E-state index contributed by atoms with van der Waals surface area (Å²) in [6.07, 6.45) is 0.468. The summed E-state index contributed by atoms with van der Waals surface area (Å²) in [6, 6.07) is 3.73. The van der Waals surface area contributed by atoms with Gasteiger partial charge in [0.25, 0.3) is 5.69 Å². The Morgan fingerprint density at radius 3 is 2.82 bits per heavy atom. The third-order valence-electron chi connectivity index (χ3n) is 2.19. The van der Waals surface area contributed by atoms with Crippen molar-refractivity contribution in [2.45, 2.75) is 19.4 Å². The van der Waals surface area contributed by atoms with Gasteiger partial charge in [-0.05, 0) is 18.6 Å². The zero-order valence-electron chi connectivity index (χ0n) is 9.14. The first-order valence-electron chi connectivity index (χ1n) is 4.96. The van der Waals surface area contributed by atoms with Gasteiger partial charge in [0.2, 0.25) is 5.91 Å². The van der Waals surface area contributed by atoms with Crippen LogP contribution in [0, 0.1) is 10.1 Å². The number of hydrogen-bond acceptors (Lipinski definition) is 4. The predicted molar refractivity (Wildman–Crippen MR) is 67.7 cm³/mol. The van der Waals surface area contributed by atoms with E-state index in [0.29, 0.717) is 10.9 Å². The zero-order chi connectivity index (χ0) is 13.0. The van der Waals surface area contributed by atoms with Crippen LogP contribution in [0.5, 0.6) is 0 Å². The number of nitro groups is 1. The second kappa shape index (κ2) is 5.74. The Kier molecular flexibility index (Phi) is 4.59. The Balaban J connectivity index is 2.98. The highest BCUT2D eigenvalue weighted by molar-refractivity contribution is 9.10. The van der Waals surface area contributed by atoms with Gasteiger partial charge in [0.1, 0.15) is 5.69 Å². The fourth-order valence-corrected chi connectivity index (χ4v) is 1.52. The third kappa shape index (κ3) is 3.50. The molecule has 0 aliphatic rings. The van der Waals surface area contributed by atoms with Crippen molar-refractivity contribution in [1.29, 1.82) is 0 Å². The number of halogens is 1. The van der Waals surface area contributed by atoms with Gasteiger partial charge in [0, 0.05) is 10.5 Å². The molecule has 7 heteroatoms. The molecule has 92 valence electrons. The Morgan fingerprint density at radius 1 is 1.65 bits per heavy atom. The van der Waals surface area contributed by atoms with E-state index in [2.05, 4.69) is 21.2 Å². The SMILES string of the molecule is CCC(N)C(=O)Nc1ccc(Br)cc1[N+](=O)[O-]. The monoisotopic (exact) mass is 301 g/mol. The second-order valence-electron chi connectivity index (χ2n) is 3.42. The quantitative estimate of drug-likeness (QED) is 0.656. The van der Waals surface area contributed by atoms with Crippen LogP contribution in [-0.2, 0) is 4.79 Å². The number of nitrogens with zero attached hydrogens (tertiary/aromatic N) is 1. The predicted octanol–water partition coefficient (Wildman–Crippen LogP) is 2.03. The molecule has 1 rings (SSSR count). The average molecular weight is 302 g/mol. The van der Waals surface area contributed by atoms with Crippen molar-refractivity contribution in [3.8, 4) is 0 Å². The topological polar surface area (TPSA) is 98.3 Å². The largest absolute Gasteiger partial charge is 0.320 e. The van der Waals surface area contributed by atoms with Gasteiger partial charge >= 0.3 is 0 Å². The Morgan fingerprint density at radius 2 is 2.29 bits per heavy atom. The second-order valence-corrected chi connectivity index (χ2v) is 4.34. The average Bonchev–Trinajstić information content (AvgIpc) is 2.29. The minimum absolute atomic E-state index is 0.145. The number of hydrogen-bond donors (Lipinski definition) is 2. The summed E-state index contributed by atoms with van der Waals surface area (Å²) < 4.78 is 0.571. The number of rotatable bonds is 4. The summed E-state index contributed by atoms with van der Waals surface area (Å²) >= 11 is 3.13. The maximum atomic E-state index is 11.5. The van der Waals surface area contributed by atoms with Crippen LogP contribution < -0.4 is 11.1 Å². The molecule has 1 atom stereocenters. The Bertz CT molecular complexity index is 450. The highest BCUT2D eigenvalue weighted by atomic mass is 79.9. The number of nitro benzene ring substituents is 1. The van der Waals surface area contributed by atoms with Crippen molar-refractivity contribution in [2.75, 3.05) is 5.32 Å². The maximum absolute atomic E-state index is 11.5.